The molecule has 2 aromatic heterocycles. The van der Waals surface area contributed by atoms with Crippen LogP contribution in [0, 0.1) is 11.8 Å². The van der Waals surface area contributed by atoms with Crippen LogP contribution in [0.2, 0.25) is 0 Å². The summed E-state index contributed by atoms with van der Waals surface area (Å²) in [6, 6.07) is 36.7. The Hall–Kier alpha value is -5.70. The minimum atomic E-state index is 0.185. The van der Waals surface area contributed by atoms with E-state index in [1.807, 2.05) is 23.9 Å². The first-order valence-corrected chi connectivity index (χ1v) is 19.8. The molecule has 4 aliphatic carbocycles. The van der Waals surface area contributed by atoms with Crippen molar-refractivity contribution >= 4 is 60.2 Å². The summed E-state index contributed by atoms with van der Waals surface area (Å²) in [5.41, 5.74) is 13.6. The maximum absolute atomic E-state index is 5.68. The van der Waals surface area contributed by atoms with E-state index in [0.717, 1.165) is 12.8 Å². The summed E-state index contributed by atoms with van der Waals surface area (Å²) in [7, 11) is 0. The van der Waals surface area contributed by atoms with Gasteiger partial charge >= 0.3 is 0 Å². The van der Waals surface area contributed by atoms with Crippen molar-refractivity contribution in [2.24, 2.45) is 11.8 Å². The zero-order valence-electron chi connectivity index (χ0n) is 29.6. The lowest BCUT2D eigenvalue weighted by Gasteiger charge is -2.36. The number of benzene rings is 5. The highest BCUT2D eigenvalue weighted by Crippen LogP contribution is 2.55. The highest BCUT2D eigenvalue weighted by Gasteiger charge is 2.38. The first-order chi connectivity index (χ1) is 26.3. The number of furan rings is 1. The minimum absolute atomic E-state index is 0.185. The van der Waals surface area contributed by atoms with E-state index in [-0.39, 0.29) is 17.8 Å². The van der Waals surface area contributed by atoms with Crippen molar-refractivity contribution in [3.63, 3.8) is 0 Å². The Morgan fingerprint density at radius 1 is 0.660 bits per heavy atom. The maximum atomic E-state index is 5.68. The molecular weight excluding hydrogens is 661 g/mol. The molecule has 2 heteroatoms. The smallest absolute Gasteiger partial charge is 0.0941 e. The van der Waals surface area contributed by atoms with E-state index in [4.69, 9.17) is 4.42 Å². The third kappa shape index (κ3) is 4.62. The summed E-state index contributed by atoms with van der Waals surface area (Å²) in [5.74, 6) is 0.907. The summed E-state index contributed by atoms with van der Waals surface area (Å²) in [4.78, 5) is 1.38. The van der Waals surface area contributed by atoms with Gasteiger partial charge in [0, 0.05) is 32.7 Å². The van der Waals surface area contributed by atoms with E-state index in [2.05, 4.69) is 159 Å². The molecule has 11 rings (SSSR count). The van der Waals surface area contributed by atoms with Gasteiger partial charge in [-0.05, 0) is 114 Å². The van der Waals surface area contributed by atoms with Crippen LogP contribution in [-0.2, 0) is 0 Å². The van der Waals surface area contributed by atoms with Crippen LogP contribution in [0.4, 0.5) is 0 Å². The molecule has 2 heterocycles. The van der Waals surface area contributed by atoms with E-state index in [1.54, 1.807) is 0 Å². The lowest BCUT2D eigenvalue weighted by atomic mass is 9.66. The standard InChI is InChI=1S/C51H38OS/c1-31-26-27-44-51(45(31)49-40-22-11-7-18-36(40)46(32-14-3-2-4-15-32)37-19-8-12-23-41(37)49)50-42(24-13-25-43(50)53-44)48-38-20-9-5-16-34(38)47(33-28-29-52-30-33)35-17-6-10-21-39(35)48/h3,5-31,34,45,47H,2,4H2,1H3. The molecule has 0 bridgehead atoms. The van der Waals surface area contributed by atoms with E-state index < -0.39 is 0 Å². The molecule has 4 unspecified atom stereocenters. The third-order valence-corrected chi connectivity index (χ3v) is 13.3. The molecule has 0 amide bonds. The first-order valence-electron chi connectivity index (χ1n) is 19.0. The van der Waals surface area contributed by atoms with Crippen LogP contribution in [-0.4, -0.2) is 0 Å². The van der Waals surface area contributed by atoms with Crippen LogP contribution in [0.1, 0.15) is 75.4 Å². The summed E-state index contributed by atoms with van der Waals surface area (Å²) < 4.78 is 7.04. The van der Waals surface area contributed by atoms with Gasteiger partial charge in [-0.25, -0.2) is 0 Å². The van der Waals surface area contributed by atoms with Gasteiger partial charge in [0.15, 0.2) is 0 Å². The zero-order chi connectivity index (χ0) is 35.0. The fourth-order valence-electron chi connectivity index (χ4n) is 10.0. The Bertz CT molecular complexity index is 2750. The molecule has 5 aromatic carbocycles. The number of hydrogen-bond acceptors (Lipinski definition) is 2. The van der Waals surface area contributed by atoms with Gasteiger partial charge in [0.05, 0.1) is 12.5 Å². The van der Waals surface area contributed by atoms with Gasteiger partial charge in [-0.1, -0.05) is 140 Å². The Labute approximate surface area is 314 Å². The largest absolute Gasteiger partial charge is 0.472 e. The predicted octanol–water partition coefficient (Wildman–Crippen LogP) is 14.0. The van der Waals surface area contributed by atoms with E-state index in [9.17, 15) is 0 Å². The summed E-state index contributed by atoms with van der Waals surface area (Å²) in [6.45, 7) is 2.43. The number of fused-ring (bicyclic) bond motifs is 7. The van der Waals surface area contributed by atoms with Gasteiger partial charge < -0.3 is 4.42 Å². The van der Waals surface area contributed by atoms with Crippen LogP contribution in [0.25, 0.3) is 48.9 Å². The molecule has 254 valence electrons. The monoisotopic (exact) mass is 698 g/mol. The van der Waals surface area contributed by atoms with Gasteiger partial charge in [-0.2, -0.15) is 0 Å². The quantitative estimate of drug-likeness (QED) is 0.167. The fraction of sp³-hybridized carbons (Fsp3) is 0.137. The zero-order valence-corrected chi connectivity index (χ0v) is 30.4. The number of hydrogen-bond donors (Lipinski definition) is 0. The number of allylic oxidation sites excluding steroid dienone is 10. The Morgan fingerprint density at radius 2 is 1.43 bits per heavy atom. The van der Waals surface area contributed by atoms with E-state index in [0.29, 0.717) is 5.92 Å². The van der Waals surface area contributed by atoms with Crippen LogP contribution >= 0.6 is 11.3 Å². The van der Waals surface area contributed by atoms with Gasteiger partial charge in [0.2, 0.25) is 0 Å². The fourth-order valence-corrected chi connectivity index (χ4v) is 11.2. The van der Waals surface area contributed by atoms with Crippen molar-refractivity contribution in [3.05, 3.63) is 208 Å². The lowest BCUT2D eigenvalue weighted by Crippen LogP contribution is -2.22. The summed E-state index contributed by atoms with van der Waals surface area (Å²) in [6.07, 6.45) is 27.2. The van der Waals surface area contributed by atoms with Gasteiger partial charge in [-0.15, -0.1) is 11.3 Å². The second-order valence-electron chi connectivity index (χ2n) is 15.0. The SMILES string of the molecule is CC1C=Cc2sc3cccc(C4=C5C=CC=CC5C(c5ccoc5)c5ccccc54)c3c2C1c1c2ccccc2c(C2=CCCC=C2)c2ccccc12. The van der Waals surface area contributed by atoms with Crippen molar-refractivity contribution in [2.45, 2.75) is 31.6 Å². The Morgan fingerprint density at radius 3 is 2.21 bits per heavy atom. The Balaban J connectivity index is 1.21. The Kier molecular flexibility index (Phi) is 7.10. The van der Waals surface area contributed by atoms with Crippen molar-refractivity contribution in [1.82, 2.24) is 0 Å². The average molecular weight is 699 g/mol. The molecule has 0 aliphatic heterocycles. The second kappa shape index (κ2) is 12.2. The molecule has 0 fully saturated rings. The molecular formula is C51H38OS. The van der Waals surface area contributed by atoms with Crippen LogP contribution in [0.5, 0.6) is 0 Å². The molecule has 4 atom stereocenters. The van der Waals surface area contributed by atoms with Crippen molar-refractivity contribution in [2.75, 3.05) is 0 Å². The highest BCUT2D eigenvalue weighted by atomic mass is 32.1. The van der Waals surface area contributed by atoms with Crippen LogP contribution in [0.3, 0.4) is 0 Å². The predicted molar refractivity (Wildman–Crippen MR) is 224 cm³/mol. The van der Waals surface area contributed by atoms with Crippen molar-refractivity contribution < 1.29 is 4.42 Å². The molecule has 0 spiro atoms. The van der Waals surface area contributed by atoms with E-state index in [1.165, 1.54) is 92.2 Å². The van der Waals surface area contributed by atoms with E-state index >= 15 is 0 Å². The first kappa shape index (κ1) is 30.9. The minimum Gasteiger partial charge on any atom is -0.472 e. The molecule has 0 N–H and O–H groups in total. The highest BCUT2D eigenvalue weighted by molar-refractivity contribution is 7.20. The number of thiophene rings is 1. The molecule has 53 heavy (non-hydrogen) atoms. The van der Waals surface area contributed by atoms with Crippen molar-refractivity contribution in [3.8, 4) is 0 Å². The van der Waals surface area contributed by atoms with Crippen LogP contribution in [0.15, 0.2) is 168 Å². The van der Waals surface area contributed by atoms with Crippen molar-refractivity contribution in [1.29, 1.82) is 0 Å². The number of rotatable bonds is 4. The summed E-state index contributed by atoms with van der Waals surface area (Å²) >= 11 is 1.95. The molecule has 0 saturated carbocycles. The molecule has 0 radical (unpaired) electrons. The molecule has 1 nitrogen and oxygen atoms in total. The van der Waals surface area contributed by atoms with Gasteiger partial charge in [0.25, 0.3) is 0 Å². The lowest BCUT2D eigenvalue weighted by molar-refractivity contribution is 0.555. The molecule has 7 aromatic rings. The normalized spacial score (nSPS) is 21.6. The maximum Gasteiger partial charge on any atom is 0.0941 e. The van der Waals surface area contributed by atoms with Gasteiger partial charge in [-0.3, -0.25) is 0 Å². The summed E-state index contributed by atoms with van der Waals surface area (Å²) in [5, 5.41) is 6.83. The molecule has 0 saturated heterocycles. The molecule has 4 aliphatic rings. The third-order valence-electron chi connectivity index (χ3n) is 12.2. The second-order valence-corrected chi connectivity index (χ2v) is 16.1. The topological polar surface area (TPSA) is 13.1 Å². The van der Waals surface area contributed by atoms with Gasteiger partial charge in [0.1, 0.15) is 0 Å². The average Bonchev–Trinajstić information content (AvgIpc) is 3.88. The van der Waals surface area contributed by atoms with Crippen LogP contribution < -0.4 is 0 Å².